The van der Waals surface area contributed by atoms with Gasteiger partial charge in [-0.2, -0.15) is 0 Å². The van der Waals surface area contributed by atoms with Gasteiger partial charge in [0.2, 0.25) is 5.88 Å². The van der Waals surface area contributed by atoms with Gasteiger partial charge in [0.15, 0.2) is 0 Å². The van der Waals surface area contributed by atoms with Crippen LogP contribution in [0.15, 0.2) is 58.5 Å². The number of azo groups is 1. The van der Waals surface area contributed by atoms with Gasteiger partial charge in [0.25, 0.3) is 12.3 Å². The summed E-state index contributed by atoms with van der Waals surface area (Å²) in [6, 6.07) is 6.32. The van der Waals surface area contributed by atoms with Gasteiger partial charge in [-0.1, -0.05) is 12.6 Å². The maximum absolute atomic E-state index is 13.4. The van der Waals surface area contributed by atoms with E-state index in [1.54, 1.807) is 32.0 Å². The molecule has 1 aromatic carbocycles. The van der Waals surface area contributed by atoms with E-state index >= 15 is 0 Å². The highest BCUT2D eigenvalue weighted by Gasteiger charge is 2.23. The Morgan fingerprint density at radius 3 is 2.54 bits per heavy atom. The van der Waals surface area contributed by atoms with Crippen molar-refractivity contribution in [3.05, 3.63) is 65.0 Å². The predicted molar refractivity (Wildman–Crippen MR) is 98.6 cm³/mol. The number of halogens is 2. The molecule has 3 rings (SSSR count). The molecule has 144 valence electrons. The minimum absolute atomic E-state index is 0.00324. The molecule has 1 aromatic heterocycles. The average Bonchev–Trinajstić information content (AvgIpc) is 2.66. The van der Waals surface area contributed by atoms with Crippen molar-refractivity contribution in [3.8, 4) is 17.4 Å². The number of alkyl halides is 2. The van der Waals surface area contributed by atoms with Crippen LogP contribution in [0.4, 0.5) is 8.78 Å². The Morgan fingerprint density at radius 1 is 1.14 bits per heavy atom. The number of benzene rings is 1. The molecule has 0 saturated heterocycles. The zero-order valence-corrected chi connectivity index (χ0v) is 15.5. The number of hydrogen-bond acceptors (Lipinski definition) is 5. The van der Waals surface area contributed by atoms with Crippen molar-refractivity contribution in [1.29, 1.82) is 0 Å². The average molecular weight is 385 g/mol. The number of aromatic nitrogens is 1. The molecule has 0 radical (unpaired) electrons. The Bertz CT molecular complexity index is 1030. The summed E-state index contributed by atoms with van der Waals surface area (Å²) in [4.78, 5) is 15.7. The smallest absolute Gasteiger partial charge is 0.291 e. The summed E-state index contributed by atoms with van der Waals surface area (Å²) in [6.45, 7) is 7.29. The molecular weight excluding hydrogens is 368 g/mol. The van der Waals surface area contributed by atoms with Gasteiger partial charge in [0, 0.05) is 17.3 Å². The largest absolute Gasteiger partial charge is 0.496 e. The van der Waals surface area contributed by atoms with Gasteiger partial charge in [-0.3, -0.25) is 4.79 Å². The number of ether oxygens (including phenoxy) is 2. The van der Waals surface area contributed by atoms with Crippen molar-refractivity contribution in [2.24, 2.45) is 10.2 Å². The quantitative estimate of drug-likeness (QED) is 0.690. The van der Waals surface area contributed by atoms with Gasteiger partial charge >= 0.3 is 0 Å². The number of nitrogens with zero attached hydrogens (tertiary/aromatic N) is 3. The normalized spacial score (nSPS) is 14.1. The molecule has 0 aliphatic carbocycles. The van der Waals surface area contributed by atoms with Crippen LogP contribution in [0.3, 0.4) is 0 Å². The van der Waals surface area contributed by atoms with E-state index in [0.29, 0.717) is 22.6 Å². The van der Waals surface area contributed by atoms with Crippen LogP contribution >= 0.6 is 0 Å². The van der Waals surface area contributed by atoms with Crippen LogP contribution in [0.1, 0.15) is 30.0 Å². The molecule has 0 spiro atoms. The summed E-state index contributed by atoms with van der Waals surface area (Å²) in [6.07, 6.45) is -1.48. The number of allylic oxidation sites excluding steroid dienone is 1. The first-order chi connectivity index (χ1) is 13.3. The van der Waals surface area contributed by atoms with Gasteiger partial charge in [0.05, 0.1) is 12.8 Å². The second-order valence-electron chi connectivity index (χ2n) is 6.06. The number of rotatable bonds is 5. The van der Waals surface area contributed by atoms with Crippen LogP contribution in [0.5, 0.6) is 17.4 Å². The van der Waals surface area contributed by atoms with Crippen LogP contribution in [0.2, 0.25) is 0 Å². The molecule has 0 unspecified atom stereocenters. The summed E-state index contributed by atoms with van der Waals surface area (Å²) in [7, 11) is 1.30. The third-order valence-corrected chi connectivity index (χ3v) is 4.28. The van der Waals surface area contributed by atoms with Crippen molar-refractivity contribution in [2.75, 3.05) is 7.11 Å². The van der Waals surface area contributed by atoms with E-state index < -0.39 is 17.9 Å². The van der Waals surface area contributed by atoms with Crippen molar-refractivity contribution in [1.82, 2.24) is 4.98 Å². The minimum atomic E-state index is -2.81. The molecule has 0 bridgehead atoms. The molecule has 6 nitrogen and oxygen atoms in total. The van der Waals surface area contributed by atoms with Gasteiger partial charge in [-0.25, -0.2) is 13.8 Å². The number of carbonyl (C=O) groups is 1. The summed E-state index contributed by atoms with van der Waals surface area (Å²) in [5.41, 5.74) is 2.47. The maximum atomic E-state index is 13.4. The molecule has 2 heterocycles. The van der Waals surface area contributed by atoms with Gasteiger partial charge in [0.1, 0.15) is 17.1 Å². The van der Waals surface area contributed by atoms with Crippen LogP contribution in [0, 0.1) is 6.92 Å². The van der Waals surface area contributed by atoms with E-state index in [2.05, 4.69) is 21.8 Å². The lowest BCUT2D eigenvalue weighted by molar-refractivity contribution is -0.114. The lowest BCUT2D eigenvalue weighted by atomic mass is 9.93. The number of pyridine rings is 1. The Morgan fingerprint density at radius 2 is 1.89 bits per heavy atom. The van der Waals surface area contributed by atoms with Crippen LogP contribution < -0.4 is 9.47 Å². The molecular formula is C20H17F2N3O3. The zero-order chi connectivity index (χ0) is 20.4. The van der Waals surface area contributed by atoms with E-state index in [9.17, 15) is 13.6 Å². The summed E-state index contributed by atoms with van der Waals surface area (Å²) in [5, 5.41) is 7.31. The van der Waals surface area contributed by atoms with Gasteiger partial charge in [-0.15, -0.1) is 10.2 Å². The minimum Gasteiger partial charge on any atom is -0.496 e. The first kappa shape index (κ1) is 19.3. The molecule has 8 heteroatoms. The highest BCUT2D eigenvalue weighted by molar-refractivity contribution is 6.05. The topological polar surface area (TPSA) is 73.1 Å². The molecule has 0 saturated carbocycles. The number of methoxy groups -OCH3 is 1. The van der Waals surface area contributed by atoms with E-state index in [1.807, 2.05) is 0 Å². The number of carbonyl (C=O) groups excluding carboxylic acids is 1. The Labute approximate surface area is 160 Å². The maximum Gasteiger partial charge on any atom is 0.291 e. The van der Waals surface area contributed by atoms with Crippen molar-refractivity contribution in [3.63, 3.8) is 0 Å². The number of amides is 1. The fourth-order valence-corrected chi connectivity index (χ4v) is 2.90. The van der Waals surface area contributed by atoms with Crippen molar-refractivity contribution in [2.45, 2.75) is 20.3 Å². The van der Waals surface area contributed by atoms with E-state index in [1.165, 1.54) is 19.4 Å². The number of aryl methyl sites for hydroxylation is 1. The molecule has 28 heavy (non-hydrogen) atoms. The SMILES string of the molecule is C=C1N=NC(=O)C(C)=C1c1ccc(Oc2nccc(OC)c2C(F)F)cc1C. The molecule has 0 atom stereocenters. The molecule has 1 aliphatic heterocycles. The van der Waals surface area contributed by atoms with Crippen LogP contribution in [0.25, 0.3) is 5.57 Å². The van der Waals surface area contributed by atoms with Crippen LogP contribution in [-0.4, -0.2) is 18.0 Å². The van der Waals surface area contributed by atoms with Crippen molar-refractivity contribution < 1.29 is 23.0 Å². The predicted octanol–water partition coefficient (Wildman–Crippen LogP) is 5.41. The fourth-order valence-electron chi connectivity index (χ4n) is 2.90. The lowest BCUT2D eigenvalue weighted by Gasteiger charge is -2.17. The highest BCUT2D eigenvalue weighted by Crippen LogP contribution is 2.39. The molecule has 1 amide bonds. The third kappa shape index (κ3) is 3.53. The fraction of sp³-hybridized carbons (Fsp3) is 0.200. The molecule has 0 fully saturated rings. The van der Waals surface area contributed by atoms with E-state index in [0.717, 1.165) is 11.1 Å². The Hall–Kier alpha value is -3.42. The zero-order valence-electron chi connectivity index (χ0n) is 15.5. The molecule has 2 aromatic rings. The second kappa shape index (κ2) is 7.67. The first-order valence-electron chi connectivity index (χ1n) is 8.29. The van der Waals surface area contributed by atoms with E-state index in [-0.39, 0.29) is 11.6 Å². The van der Waals surface area contributed by atoms with Gasteiger partial charge in [-0.05, 0) is 43.2 Å². The monoisotopic (exact) mass is 385 g/mol. The summed E-state index contributed by atoms with van der Waals surface area (Å²) in [5.74, 6) is -0.347. The second-order valence-corrected chi connectivity index (χ2v) is 6.06. The standard InChI is InChI=1S/C20H17F2N3O3/c1-10-9-13(28-20-17(18(21)22)15(27-4)7-8-23-20)5-6-14(10)16-11(2)19(26)25-24-12(16)3/h5-9,18H,3H2,1-2,4H3. The van der Waals surface area contributed by atoms with Crippen LogP contribution in [-0.2, 0) is 4.79 Å². The first-order valence-corrected chi connectivity index (χ1v) is 8.29. The Kier molecular flexibility index (Phi) is 5.30. The highest BCUT2D eigenvalue weighted by atomic mass is 19.3. The van der Waals surface area contributed by atoms with Gasteiger partial charge < -0.3 is 9.47 Å². The third-order valence-electron chi connectivity index (χ3n) is 4.28. The summed E-state index contributed by atoms with van der Waals surface area (Å²) < 4.78 is 37.4. The molecule has 1 aliphatic rings. The van der Waals surface area contributed by atoms with E-state index in [4.69, 9.17) is 9.47 Å². The number of hydrogen-bond donors (Lipinski definition) is 0. The molecule has 0 N–H and O–H groups in total. The summed E-state index contributed by atoms with van der Waals surface area (Å²) >= 11 is 0. The lowest BCUT2D eigenvalue weighted by Crippen LogP contribution is -2.06. The Balaban J connectivity index is 1.98. The van der Waals surface area contributed by atoms with Crippen molar-refractivity contribution >= 4 is 11.5 Å².